The van der Waals surface area contributed by atoms with Gasteiger partial charge >= 0.3 is 0 Å². The Morgan fingerprint density at radius 2 is 1.89 bits per heavy atom. The molecule has 0 heterocycles. The van der Waals surface area contributed by atoms with Crippen molar-refractivity contribution in [2.24, 2.45) is 0 Å². The standard InChI is InChI=1S/C15H13ClF2O/c1-9-6-10(2-5-14(9)18)15(19)8-11-7-12(17)3-4-13(11)16/h2-7,15,19H,8H2,1H3. The second-order valence-corrected chi connectivity index (χ2v) is 4.87. The molecule has 0 fully saturated rings. The van der Waals surface area contributed by atoms with Gasteiger partial charge in [0.05, 0.1) is 6.10 Å². The van der Waals surface area contributed by atoms with Crippen LogP contribution in [0.25, 0.3) is 0 Å². The van der Waals surface area contributed by atoms with E-state index in [-0.39, 0.29) is 12.2 Å². The third kappa shape index (κ3) is 3.31. The van der Waals surface area contributed by atoms with E-state index in [2.05, 4.69) is 0 Å². The molecule has 0 aromatic heterocycles. The number of rotatable bonds is 3. The first-order valence-corrected chi connectivity index (χ1v) is 6.23. The second-order valence-electron chi connectivity index (χ2n) is 4.46. The zero-order valence-corrected chi connectivity index (χ0v) is 11.1. The number of hydrogen-bond acceptors (Lipinski definition) is 1. The average Bonchev–Trinajstić information content (AvgIpc) is 2.37. The summed E-state index contributed by atoms with van der Waals surface area (Å²) in [4.78, 5) is 0. The molecule has 0 spiro atoms. The molecule has 0 saturated carbocycles. The van der Waals surface area contributed by atoms with Crippen LogP contribution in [-0.4, -0.2) is 5.11 Å². The zero-order valence-electron chi connectivity index (χ0n) is 10.3. The van der Waals surface area contributed by atoms with Crippen LogP contribution in [0, 0.1) is 18.6 Å². The highest BCUT2D eigenvalue weighted by molar-refractivity contribution is 6.31. The highest BCUT2D eigenvalue weighted by atomic mass is 35.5. The first kappa shape index (κ1) is 14.0. The monoisotopic (exact) mass is 282 g/mol. The van der Waals surface area contributed by atoms with Crippen molar-refractivity contribution in [1.82, 2.24) is 0 Å². The van der Waals surface area contributed by atoms with Gasteiger partial charge in [-0.15, -0.1) is 0 Å². The van der Waals surface area contributed by atoms with E-state index in [0.29, 0.717) is 21.7 Å². The molecule has 0 radical (unpaired) electrons. The van der Waals surface area contributed by atoms with Crippen molar-refractivity contribution in [3.63, 3.8) is 0 Å². The maximum Gasteiger partial charge on any atom is 0.126 e. The molecule has 0 aliphatic carbocycles. The van der Waals surface area contributed by atoms with E-state index in [1.807, 2.05) is 0 Å². The highest BCUT2D eigenvalue weighted by Gasteiger charge is 2.13. The molecule has 4 heteroatoms. The lowest BCUT2D eigenvalue weighted by Gasteiger charge is -2.13. The molecule has 0 saturated heterocycles. The fraction of sp³-hybridized carbons (Fsp3) is 0.200. The van der Waals surface area contributed by atoms with Gasteiger partial charge in [0.2, 0.25) is 0 Å². The Labute approximate surface area is 115 Å². The molecule has 100 valence electrons. The van der Waals surface area contributed by atoms with Crippen LogP contribution in [-0.2, 0) is 6.42 Å². The first-order chi connectivity index (χ1) is 8.97. The summed E-state index contributed by atoms with van der Waals surface area (Å²) in [6.45, 7) is 1.63. The topological polar surface area (TPSA) is 20.2 Å². The maximum atomic E-state index is 13.2. The summed E-state index contributed by atoms with van der Waals surface area (Å²) in [5.41, 5.74) is 1.57. The Hall–Kier alpha value is -1.45. The molecule has 1 nitrogen and oxygen atoms in total. The maximum absolute atomic E-state index is 13.2. The van der Waals surface area contributed by atoms with Gasteiger partial charge in [0.15, 0.2) is 0 Å². The van der Waals surface area contributed by atoms with E-state index < -0.39 is 11.9 Å². The molecule has 0 aliphatic rings. The zero-order chi connectivity index (χ0) is 14.0. The quantitative estimate of drug-likeness (QED) is 0.894. The first-order valence-electron chi connectivity index (χ1n) is 5.85. The Kier molecular flexibility index (Phi) is 4.17. The van der Waals surface area contributed by atoms with Crippen molar-refractivity contribution >= 4 is 11.6 Å². The van der Waals surface area contributed by atoms with E-state index in [1.54, 1.807) is 13.0 Å². The van der Waals surface area contributed by atoms with Gasteiger partial charge in [-0.25, -0.2) is 8.78 Å². The largest absolute Gasteiger partial charge is 0.388 e. The molecule has 0 aliphatic heterocycles. The summed E-state index contributed by atoms with van der Waals surface area (Å²) in [5, 5.41) is 10.5. The van der Waals surface area contributed by atoms with Crippen molar-refractivity contribution < 1.29 is 13.9 Å². The lowest BCUT2D eigenvalue weighted by atomic mass is 10.00. The molecule has 2 aromatic rings. The number of aliphatic hydroxyl groups excluding tert-OH is 1. The van der Waals surface area contributed by atoms with Crippen LogP contribution in [0.15, 0.2) is 36.4 Å². The minimum absolute atomic E-state index is 0.182. The van der Waals surface area contributed by atoms with Gasteiger partial charge in [-0.1, -0.05) is 23.7 Å². The Bertz CT molecular complexity index is 599. The third-order valence-corrected chi connectivity index (χ3v) is 3.36. The molecule has 2 aromatic carbocycles. The van der Waals surface area contributed by atoms with Crippen LogP contribution in [0.1, 0.15) is 22.8 Å². The lowest BCUT2D eigenvalue weighted by Crippen LogP contribution is -2.03. The summed E-state index contributed by atoms with van der Waals surface area (Å²) in [6.07, 6.45) is -0.666. The van der Waals surface area contributed by atoms with Crippen LogP contribution in [0.5, 0.6) is 0 Å². The molecule has 0 bridgehead atoms. The smallest absolute Gasteiger partial charge is 0.126 e. The molecule has 2 rings (SSSR count). The SMILES string of the molecule is Cc1cc(C(O)Cc2cc(F)ccc2Cl)ccc1F. The van der Waals surface area contributed by atoms with E-state index in [4.69, 9.17) is 11.6 Å². The third-order valence-electron chi connectivity index (χ3n) is 2.99. The number of aliphatic hydroxyl groups is 1. The van der Waals surface area contributed by atoms with E-state index >= 15 is 0 Å². The molecule has 1 N–H and O–H groups in total. The van der Waals surface area contributed by atoms with Gasteiger partial charge in [0, 0.05) is 11.4 Å². The summed E-state index contributed by atoms with van der Waals surface area (Å²) < 4.78 is 26.3. The number of hydrogen-bond donors (Lipinski definition) is 1. The number of aryl methyl sites for hydroxylation is 1. The molecule has 0 amide bonds. The van der Waals surface area contributed by atoms with E-state index in [9.17, 15) is 13.9 Å². The van der Waals surface area contributed by atoms with Gasteiger partial charge in [0.25, 0.3) is 0 Å². The van der Waals surface area contributed by atoms with Crippen LogP contribution < -0.4 is 0 Å². The summed E-state index contributed by atoms with van der Waals surface area (Å²) in [7, 11) is 0. The summed E-state index contributed by atoms with van der Waals surface area (Å²) >= 11 is 5.95. The molecular weight excluding hydrogens is 270 g/mol. The van der Waals surface area contributed by atoms with Crippen molar-refractivity contribution in [1.29, 1.82) is 0 Å². The molecule has 19 heavy (non-hydrogen) atoms. The predicted octanol–water partition coefficient (Wildman–Crippen LogP) is 4.20. The Balaban J connectivity index is 2.22. The summed E-state index contributed by atoms with van der Waals surface area (Å²) in [6, 6.07) is 8.41. The van der Waals surface area contributed by atoms with Gasteiger partial charge in [-0.2, -0.15) is 0 Å². The van der Waals surface area contributed by atoms with Crippen molar-refractivity contribution in [3.8, 4) is 0 Å². The number of halogens is 3. The van der Waals surface area contributed by atoms with Gasteiger partial charge in [0.1, 0.15) is 11.6 Å². The normalized spacial score (nSPS) is 12.5. The van der Waals surface area contributed by atoms with Gasteiger partial charge in [-0.3, -0.25) is 0 Å². The minimum atomic E-state index is -0.849. The van der Waals surface area contributed by atoms with Crippen molar-refractivity contribution in [2.75, 3.05) is 0 Å². The predicted molar refractivity (Wildman–Crippen MR) is 71.2 cm³/mol. The molecule has 1 atom stereocenters. The summed E-state index contributed by atoms with van der Waals surface area (Å²) in [5.74, 6) is -0.721. The van der Waals surface area contributed by atoms with Gasteiger partial charge in [-0.05, 0) is 47.9 Å². The van der Waals surface area contributed by atoms with Crippen LogP contribution in [0.2, 0.25) is 5.02 Å². The van der Waals surface area contributed by atoms with Crippen LogP contribution >= 0.6 is 11.6 Å². The Morgan fingerprint density at radius 1 is 1.16 bits per heavy atom. The number of benzene rings is 2. The average molecular weight is 283 g/mol. The molecule has 1 unspecified atom stereocenters. The highest BCUT2D eigenvalue weighted by Crippen LogP contribution is 2.25. The lowest BCUT2D eigenvalue weighted by molar-refractivity contribution is 0.178. The van der Waals surface area contributed by atoms with E-state index in [0.717, 1.165) is 0 Å². The molecular formula is C15H13ClF2O. The van der Waals surface area contributed by atoms with Crippen molar-refractivity contribution in [2.45, 2.75) is 19.4 Å². The van der Waals surface area contributed by atoms with Crippen LogP contribution in [0.3, 0.4) is 0 Å². The minimum Gasteiger partial charge on any atom is -0.388 e. The Morgan fingerprint density at radius 3 is 2.58 bits per heavy atom. The van der Waals surface area contributed by atoms with Crippen molar-refractivity contribution in [3.05, 3.63) is 69.7 Å². The van der Waals surface area contributed by atoms with E-state index in [1.165, 1.54) is 30.3 Å². The van der Waals surface area contributed by atoms with Crippen LogP contribution in [0.4, 0.5) is 8.78 Å². The fourth-order valence-electron chi connectivity index (χ4n) is 1.90. The van der Waals surface area contributed by atoms with Gasteiger partial charge < -0.3 is 5.11 Å². The second kappa shape index (κ2) is 5.68. The fourth-order valence-corrected chi connectivity index (χ4v) is 2.10.